The summed E-state index contributed by atoms with van der Waals surface area (Å²) in [5, 5.41) is 6.17. The molecule has 1 aliphatic rings. The molecule has 0 aromatic rings. The Balaban J connectivity index is 2.30. The van der Waals surface area contributed by atoms with E-state index < -0.39 is 22.7 Å². The molecule has 0 radical (unpaired) electrons. The number of nitrogens with one attached hydrogen (secondary N) is 2. The predicted molar refractivity (Wildman–Crippen MR) is 92.1 cm³/mol. The van der Waals surface area contributed by atoms with Crippen molar-refractivity contribution in [2.24, 2.45) is 4.99 Å². The van der Waals surface area contributed by atoms with Gasteiger partial charge in [0, 0.05) is 46.3 Å². The lowest BCUT2D eigenvalue weighted by molar-refractivity contribution is -0.143. The molecule has 7 nitrogen and oxygen atoms in total. The number of likely N-dealkylation sites (tertiary alicyclic amines) is 1. The molecule has 2 N–H and O–H groups in total. The highest BCUT2D eigenvalue weighted by Gasteiger charge is 2.34. The van der Waals surface area contributed by atoms with E-state index in [4.69, 9.17) is 0 Å². The van der Waals surface area contributed by atoms with E-state index in [-0.39, 0.29) is 11.8 Å². The Labute approximate surface area is 147 Å². The number of alkyl halides is 3. The molecule has 0 aromatic carbocycles. The van der Waals surface area contributed by atoms with Crippen LogP contribution in [0.5, 0.6) is 0 Å². The normalized spacial score (nSPS) is 20.3. The summed E-state index contributed by atoms with van der Waals surface area (Å²) in [6.07, 6.45) is -2.96. The van der Waals surface area contributed by atoms with Crippen LogP contribution in [0.3, 0.4) is 0 Å². The van der Waals surface area contributed by atoms with Gasteiger partial charge in [-0.1, -0.05) is 0 Å². The highest BCUT2D eigenvalue weighted by molar-refractivity contribution is 7.89. The van der Waals surface area contributed by atoms with Crippen molar-refractivity contribution >= 4 is 16.0 Å². The van der Waals surface area contributed by atoms with Crippen LogP contribution in [0.2, 0.25) is 0 Å². The summed E-state index contributed by atoms with van der Waals surface area (Å²) >= 11 is 0. The molecule has 0 amide bonds. The minimum absolute atomic E-state index is 0.0657. The zero-order chi connectivity index (χ0) is 19.1. The third-order valence-electron chi connectivity index (χ3n) is 4.02. The number of hydrogen-bond donors (Lipinski definition) is 2. The van der Waals surface area contributed by atoms with E-state index >= 15 is 0 Å². The van der Waals surface area contributed by atoms with Gasteiger partial charge in [0.25, 0.3) is 0 Å². The van der Waals surface area contributed by atoms with Gasteiger partial charge in [-0.25, -0.2) is 12.7 Å². The van der Waals surface area contributed by atoms with Gasteiger partial charge in [-0.3, -0.25) is 9.89 Å². The highest BCUT2D eigenvalue weighted by Crippen LogP contribution is 2.19. The Morgan fingerprint density at radius 2 is 2.08 bits per heavy atom. The molecule has 1 fully saturated rings. The number of sulfonamides is 1. The first-order valence-electron chi connectivity index (χ1n) is 8.27. The van der Waals surface area contributed by atoms with Crippen LogP contribution in [0.15, 0.2) is 4.99 Å². The third-order valence-corrected chi connectivity index (χ3v) is 5.88. The molecule has 0 aliphatic carbocycles. The molecule has 1 rings (SSSR count). The summed E-state index contributed by atoms with van der Waals surface area (Å²) in [5.41, 5.74) is 0. The summed E-state index contributed by atoms with van der Waals surface area (Å²) in [6.45, 7) is 2.33. The van der Waals surface area contributed by atoms with Gasteiger partial charge in [-0.15, -0.1) is 0 Å². The van der Waals surface area contributed by atoms with Crippen LogP contribution < -0.4 is 10.6 Å². The second-order valence-electron chi connectivity index (χ2n) is 6.05. The van der Waals surface area contributed by atoms with Gasteiger partial charge >= 0.3 is 6.18 Å². The number of halogens is 3. The van der Waals surface area contributed by atoms with Crippen LogP contribution >= 0.6 is 0 Å². The summed E-state index contributed by atoms with van der Waals surface area (Å²) < 4.78 is 61.8. The molecule has 11 heteroatoms. The van der Waals surface area contributed by atoms with E-state index in [0.29, 0.717) is 45.0 Å². The van der Waals surface area contributed by atoms with Crippen molar-refractivity contribution in [3.63, 3.8) is 0 Å². The van der Waals surface area contributed by atoms with E-state index in [1.54, 1.807) is 21.0 Å². The SMILES string of the molecule is CCS(=O)(=O)N(C)CCCNC(=NC)NC1CCN(CC(F)(F)F)C1. The van der Waals surface area contributed by atoms with Gasteiger partial charge in [-0.2, -0.15) is 13.2 Å². The number of hydrogen-bond acceptors (Lipinski definition) is 4. The Hall–Kier alpha value is -1.07. The molecule has 1 atom stereocenters. The maximum atomic E-state index is 12.4. The van der Waals surface area contributed by atoms with Gasteiger partial charge in [0.2, 0.25) is 10.0 Å². The van der Waals surface area contributed by atoms with Crippen molar-refractivity contribution in [2.75, 3.05) is 52.6 Å². The molecule has 1 unspecified atom stereocenters. The van der Waals surface area contributed by atoms with Crippen molar-refractivity contribution in [3.05, 3.63) is 0 Å². The van der Waals surface area contributed by atoms with Crippen molar-refractivity contribution < 1.29 is 21.6 Å². The fourth-order valence-corrected chi connectivity index (χ4v) is 3.45. The molecule has 0 saturated carbocycles. The van der Waals surface area contributed by atoms with Gasteiger partial charge in [0.05, 0.1) is 12.3 Å². The molecule has 0 bridgehead atoms. The first kappa shape index (κ1) is 22.0. The largest absolute Gasteiger partial charge is 0.401 e. The Morgan fingerprint density at radius 1 is 1.40 bits per heavy atom. The first-order valence-corrected chi connectivity index (χ1v) is 9.88. The molecule has 1 saturated heterocycles. The fraction of sp³-hybridized carbons (Fsp3) is 0.929. The van der Waals surface area contributed by atoms with Crippen molar-refractivity contribution in [2.45, 2.75) is 32.0 Å². The monoisotopic (exact) mass is 387 g/mol. The third kappa shape index (κ3) is 8.23. The Kier molecular flexibility index (Phi) is 8.42. The summed E-state index contributed by atoms with van der Waals surface area (Å²) in [5.74, 6) is 0.579. The second kappa shape index (κ2) is 9.58. The van der Waals surface area contributed by atoms with Gasteiger partial charge < -0.3 is 10.6 Å². The standard InChI is InChI=1S/C14H28F3N5O2S/c1-4-25(23,24)21(3)8-5-7-19-13(18-2)20-12-6-9-22(10-12)11-14(15,16)17/h12H,4-11H2,1-3H3,(H2,18,19,20). The maximum Gasteiger partial charge on any atom is 0.401 e. The van der Waals surface area contributed by atoms with Crippen LogP contribution in [0, 0.1) is 0 Å². The van der Waals surface area contributed by atoms with E-state index in [1.165, 1.54) is 9.21 Å². The lowest BCUT2D eigenvalue weighted by Crippen LogP contribution is -2.45. The van der Waals surface area contributed by atoms with E-state index in [2.05, 4.69) is 15.6 Å². The van der Waals surface area contributed by atoms with E-state index in [9.17, 15) is 21.6 Å². The topological polar surface area (TPSA) is 77.0 Å². The Bertz CT molecular complexity index is 539. The quantitative estimate of drug-likeness (QED) is 0.360. The maximum absolute atomic E-state index is 12.4. The van der Waals surface area contributed by atoms with Gasteiger partial charge in [0.1, 0.15) is 0 Å². The lowest BCUT2D eigenvalue weighted by Gasteiger charge is -2.20. The predicted octanol–water partition coefficient (Wildman–Crippen LogP) is 0.460. The second-order valence-corrected chi connectivity index (χ2v) is 8.42. The number of nitrogens with zero attached hydrogens (tertiary/aromatic N) is 3. The zero-order valence-electron chi connectivity index (χ0n) is 14.9. The number of aliphatic imine (C=N–C) groups is 1. The molecular formula is C14H28F3N5O2S. The van der Waals surface area contributed by atoms with E-state index in [1.807, 2.05) is 0 Å². The zero-order valence-corrected chi connectivity index (χ0v) is 15.8. The van der Waals surface area contributed by atoms with Crippen LogP contribution in [0.1, 0.15) is 19.8 Å². The van der Waals surface area contributed by atoms with Crippen molar-refractivity contribution in [1.29, 1.82) is 0 Å². The van der Waals surface area contributed by atoms with Gasteiger partial charge in [-0.05, 0) is 19.8 Å². The van der Waals surface area contributed by atoms with Crippen LogP contribution in [-0.4, -0.2) is 88.4 Å². The molecule has 1 aliphatic heterocycles. The van der Waals surface area contributed by atoms with Crippen molar-refractivity contribution in [1.82, 2.24) is 19.8 Å². The van der Waals surface area contributed by atoms with E-state index in [0.717, 1.165) is 0 Å². The molecule has 1 heterocycles. The van der Waals surface area contributed by atoms with Crippen molar-refractivity contribution in [3.8, 4) is 0 Å². The smallest absolute Gasteiger partial charge is 0.356 e. The highest BCUT2D eigenvalue weighted by atomic mass is 32.2. The molecule has 25 heavy (non-hydrogen) atoms. The number of rotatable bonds is 8. The van der Waals surface area contributed by atoms with Gasteiger partial charge in [0.15, 0.2) is 5.96 Å². The Morgan fingerprint density at radius 3 is 2.64 bits per heavy atom. The average molecular weight is 387 g/mol. The minimum atomic E-state index is -4.18. The first-order chi connectivity index (χ1) is 11.6. The summed E-state index contributed by atoms with van der Waals surface area (Å²) in [6, 6.07) is -0.0864. The summed E-state index contributed by atoms with van der Waals surface area (Å²) in [4.78, 5) is 5.43. The fourth-order valence-electron chi connectivity index (χ4n) is 2.60. The van der Waals surface area contributed by atoms with Crippen LogP contribution in [0.4, 0.5) is 13.2 Å². The van der Waals surface area contributed by atoms with Crippen LogP contribution in [0.25, 0.3) is 0 Å². The van der Waals surface area contributed by atoms with Crippen LogP contribution in [-0.2, 0) is 10.0 Å². The lowest BCUT2D eigenvalue weighted by atomic mass is 10.3. The average Bonchev–Trinajstić information content (AvgIpc) is 2.94. The minimum Gasteiger partial charge on any atom is -0.356 e. The number of guanidine groups is 1. The molecule has 0 aromatic heterocycles. The molecule has 148 valence electrons. The molecular weight excluding hydrogens is 359 g/mol. The molecule has 0 spiro atoms. The summed E-state index contributed by atoms with van der Waals surface area (Å²) in [7, 11) is -0.0519.